The molecule has 0 aromatic carbocycles. The Morgan fingerprint density at radius 3 is 1.72 bits per heavy atom. The Kier molecular flexibility index (Phi) is 10.8. The average Bonchev–Trinajstić information content (AvgIpc) is 2.36. The lowest BCUT2D eigenvalue weighted by Crippen LogP contribution is -2.42. The van der Waals surface area contributed by atoms with Gasteiger partial charge in [-0.1, -0.05) is 26.7 Å². The molecule has 0 atom stereocenters. The van der Waals surface area contributed by atoms with E-state index in [2.05, 4.69) is 13.8 Å². The van der Waals surface area contributed by atoms with E-state index < -0.39 is 0 Å². The lowest BCUT2D eigenvalue weighted by Gasteiger charge is -2.25. The van der Waals surface area contributed by atoms with Crippen LogP contribution in [0.4, 0.5) is 4.79 Å². The topological polar surface area (TPSA) is 42.0 Å². The Morgan fingerprint density at radius 2 is 1.39 bits per heavy atom. The minimum absolute atomic E-state index is 0.0806. The van der Waals surface area contributed by atoms with Crippen molar-refractivity contribution in [1.82, 2.24) is 9.80 Å². The van der Waals surface area contributed by atoms with Crippen LogP contribution in [0.2, 0.25) is 0 Å². The summed E-state index contributed by atoms with van der Waals surface area (Å²) in [6.07, 6.45) is 4.21. The van der Waals surface area contributed by atoms with Gasteiger partial charge in [-0.05, 0) is 12.8 Å². The van der Waals surface area contributed by atoms with Crippen LogP contribution in [0.1, 0.15) is 39.5 Å². The SMILES string of the molecule is CCCCOCN(COCCCC)C(=O)N(C)C. The lowest BCUT2D eigenvalue weighted by molar-refractivity contribution is -0.0273. The van der Waals surface area contributed by atoms with Crippen LogP contribution < -0.4 is 0 Å². The summed E-state index contributed by atoms with van der Waals surface area (Å²) in [5.74, 6) is 0. The number of nitrogens with zero attached hydrogens (tertiary/aromatic N) is 2. The van der Waals surface area contributed by atoms with Crippen molar-refractivity contribution in [3.63, 3.8) is 0 Å². The normalized spacial score (nSPS) is 10.4. The molecular weight excluding hydrogens is 232 g/mol. The number of hydrogen-bond donors (Lipinski definition) is 0. The molecule has 0 spiro atoms. The van der Waals surface area contributed by atoms with Crippen LogP contribution in [0, 0.1) is 0 Å². The molecule has 0 bridgehead atoms. The summed E-state index contributed by atoms with van der Waals surface area (Å²) in [5, 5.41) is 0. The van der Waals surface area contributed by atoms with Crippen LogP contribution in [0.5, 0.6) is 0 Å². The van der Waals surface area contributed by atoms with Crippen LogP contribution >= 0.6 is 0 Å². The monoisotopic (exact) mass is 260 g/mol. The third kappa shape index (κ3) is 8.31. The Hall–Kier alpha value is -0.810. The van der Waals surface area contributed by atoms with Crippen LogP contribution in [-0.2, 0) is 9.47 Å². The second kappa shape index (κ2) is 11.3. The van der Waals surface area contributed by atoms with Crippen molar-refractivity contribution >= 4 is 6.03 Å². The Bertz CT molecular complexity index is 198. The van der Waals surface area contributed by atoms with Gasteiger partial charge in [0.05, 0.1) is 0 Å². The van der Waals surface area contributed by atoms with Gasteiger partial charge in [0, 0.05) is 27.3 Å². The number of ether oxygens (including phenoxy) is 2. The molecule has 0 N–H and O–H groups in total. The zero-order valence-corrected chi connectivity index (χ0v) is 12.3. The largest absolute Gasteiger partial charge is 0.361 e. The lowest BCUT2D eigenvalue weighted by atomic mass is 10.4. The van der Waals surface area contributed by atoms with E-state index in [1.807, 2.05) is 0 Å². The molecule has 2 amide bonds. The second-order valence-corrected chi connectivity index (χ2v) is 4.50. The smallest absolute Gasteiger partial charge is 0.323 e. The summed E-state index contributed by atoms with van der Waals surface area (Å²) in [6.45, 7) is 6.18. The molecule has 0 radical (unpaired) electrons. The first-order chi connectivity index (χ1) is 8.63. The second-order valence-electron chi connectivity index (χ2n) is 4.50. The summed E-state index contributed by atoms with van der Waals surface area (Å²) in [6, 6.07) is -0.0806. The van der Waals surface area contributed by atoms with Gasteiger partial charge in [-0.15, -0.1) is 0 Å². The average molecular weight is 260 g/mol. The van der Waals surface area contributed by atoms with Crippen molar-refractivity contribution in [3.8, 4) is 0 Å². The van der Waals surface area contributed by atoms with Gasteiger partial charge in [-0.25, -0.2) is 4.79 Å². The molecule has 0 aromatic rings. The molecule has 0 aromatic heterocycles. The number of carbonyl (C=O) groups is 1. The van der Waals surface area contributed by atoms with Crippen molar-refractivity contribution in [2.75, 3.05) is 40.8 Å². The summed E-state index contributed by atoms with van der Waals surface area (Å²) >= 11 is 0. The van der Waals surface area contributed by atoms with Gasteiger partial charge in [0.15, 0.2) is 0 Å². The highest BCUT2D eigenvalue weighted by molar-refractivity contribution is 5.73. The van der Waals surface area contributed by atoms with Crippen LogP contribution in [-0.4, -0.2) is 56.6 Å². The van der Waals surface area contributed by atoms with Crippen LogP contribution in [0.15, 0.2) is 0 Å². The van der Waals surface area contributed by atoms with Crippen molar-refractivity contribution < 1.29 is 14.3 Å². The van der Waals surface area contributed by atoms with E-state index in [0.29, 0.717) is 26.7 Å². The minimum atomic E-state index is -0.0806. The van der Waals surface area contributed by atoms with Gasteiger partial charge in [-0.3, -0.25) is 4.90 Å². The van der Waals surface area contributed by atoms with Crippen molar-refractivity contribution in [2.45, 2.75) is 39.5 Å². The van der Waals surface area contributed by atoms with E-state index in [0.717, 1.165) is 25.7 Å². The third-order valence-electron chi connectivity index (χ3n) is 2.43. The van der Waals surface area contributed by atoms with E-state index >= 15 is 0 Å². The maximum Gasteiger partial charge on any atom is 0.323 e. The molecule has 0 aliphatic carbocycles. The molecule has 0 saturated heterocycles. The zero-order valence-electron chi connectivity index (χ0n) is 12.3. The van der Waals surface area contributed by atoms with E-state index in [4.69, 9.17) is 9.47 Å². The zero-order chi connectivity index (χ0) is 13.8. The summed E-state index contributed by atoms with van der Waals surface area (Å²) in [5.41, 5.74) is 0. The Balaban J connectivity index is 3.96. The first-order valence-corrected chi connectivity index (χ1v) is 6.75. The molecule has 0 aliphatic heterocycles. The molecule has 0 aliphatic rings. The fraction of sp³-hybridized carbons (Fsp3) is 0.923. The molecule has 0 heterocycles. The molecule has 5 nitrogen and oxygen atoms in total. The highest BCUT2D eigenvalue weighted by Crippen LogP contribution is 1.99. The molecule has 0 fully saturated rings. The van der Waals surface area contributed by atoms with Gasteiger partial charge < -0.3 is 14.4 Å². The number of rotatable bonds is 10. The van der Waals surface area contributed by atoms with Gasteiger partial charge in [0.25, 0.3) is 0 Å². The maximum absolute atomic E-state index is 11.9. The fourth-order valence-electron chi connectivity index (χ4n) is 1.27. The maximum atomic E-state index is 11.9. The highest BCUT2D eigenvalue weighted by Gasteiger charge is 2.15. The van der Waals surface area contributed by atoms with Gasteiger partial charge in [0.2, 0.25) is 0 Å². The highest BCUT2D eigenvalue weighted by atomic mass is 16.5. The predicted octanol–water partition coefficient (Wildman–Crippen LogP) is 2.52. The number of amides is 2. The summed E-state index contributed by atoms with van der Waals surface area (Å²) in [7, 11) is 3.46. The molecule has 5 heteroatoms. The Morgan fingerprint density at radius 1 is 0.944 bits per heavy atom. The van der Waals surface area contributed by atoms with Gasteiger partial charge in [0.1, 0.15) is 13.5 Å². The first kappa shape index (κ1) is 17.2. The molecule has 0 rings (SSSR count). The Labute approximate surface area is 111 Å². The van der Waals surface area contributed by atoms with Gasteiger partial charge in [-0.2, -0.15) is 0 Å². The molecule has 0 unspecified atom stereocenters. The van der Waals surface area contributed by atoms with E-state index in [1.165, 1.54) is 4.90 Å². The molecule has 18 heavy (non-hydrogen) atoms. The molecular formula is C13H28N2O3. The minimum Gasteiger partial charge on any atom is -0.361 e. The summed E-state index contributed by atoms with van der Waals surface area (Å²) in [4.78, 5) is 15.0. The van der Waals surface area contributed by atoms with E-state index in [-0.39, 0.29) is 6.03 Å². The van der Waals surface area contributed by atoms with Crippen molar-refractivity contribution in [3.05, 3.63) is 0 Å². The molecule has 108 valence electrons. The number of carbonyl (C=O) groups excluding carboxylic acids is 1. The molecule has 0 saturated carbocycles. The predicted molar refractivity (Wildman–Crippen MR) is 72.4 cm³/mol. The number of urea groups is 1. The quantitative estimate of drug-likeness (QED) is 0.448. The van der Waals surface area contributed by atoms with E-state index in [1.54, 1.807) is 19.0 Å². The number of hydrogen-bond acceptors (Lipinski definition) is 3. The standard InChI is InChI=1S/C13H28N2O3/c1-5-7-9-17-11-15(13(16)14(3)4)12-18-10-8-6-2/h5-12H2,1-4H3. The first-order valence-electron chi connectivity index (χ1n) is 6.75. The fourth-order valence-corrected chi connectivity index (χ4v) is 1.27. The van der Waals surface area contributed by atoms with Gasteiger partial charge >= 0.3 is 6.03 Å². The van der Waals surface area contributed by atoms with Crippen molar-refractivity contribution in [2.24, 2.45) is 0 Å². The third-order valence-corrected chi connectivity index (χ3v) is 2.43. The van der Waals surface area contributed by atoms with Crippen LogP contribution in [0.25, 0.3) is 0 Å². The van der Waals surface area contributed by atoms with Crippen LogP contribution in [0.3, 0.4) is 0 Å². The summed E-state index contributed by atoms with van der Waals surface area (Å²) < 4.78 is 10.9. The number of unbranched alkanes of at least 4 members (excludes halogenated alkanes) is 2. The van der Waals surface area contributed by atoms with E-state index in [9.17, 15) is 4.79 Å². The van der Waals surface area contributed by atoms with Crippen molar-refractivity contribution in [1.29, 1.82) is 0 Å².